The molecule has 1 unspecified atom stereocenters. The second kappa shape index (κ2) is 8.23. The number of nitrogens with zero attached hydrogens (tertiary/aromatic N) is 1. The van der Waals surface area contributed by atoms with Crippen LogP contribution >= 0.6 is 0 Å². The molecule has 2 N–H and O–H groups in total. The molecule has 0 amide bonds. The van der Waals surface area contributed by atoms with Crippen LogP contribution in [0.25, 0.3) is 0 Å². The van der Waals surface area contributed by atoms with Crippen molar-refractivity contribution in [2.75, 3.05) is 33.3 Å². The predicted molar refractivity (Wildman–Crippen MR) is 56.9 cm³/mol. The highest BCUT2D eigenvalue weighted by Crippen LogP contribution is 2.02. The first-order valence-electron chi connectivity index (χ1n) is 4.86. The van der Waals surface area contributed by atoms with Gasteiger partial charge in [-0.3, -0.25) is 4.90 Å². The van der Waals surface area contributed by atoms with Crippen LogP contribution in [0.4, 0.5) is 0 Å². The topological polar surface area (TPSA) is 35.5 Å². The zero-order valence-corrected chi connectivity index (χ0v) is 8.79. The summed E-state index contributed by atoms with van der Waals surface area (Å²) >= 11 is 0. The summed E-state index contributed by atoms with van der Waals surface area (Å²) in [6, 6.07) is 0.498. The largest absolute Gasteiger partial charge is 0.395 e. The fourth-order valence-electron chi connectivity index (χ4n) is 1.32. The Bertz CT molecular complexity index is 128. The summed E-state index contributed by atoms with van der Waals surface area (Å²) in [6.07, 6.45) is 2.98. The number of aliphatic hydroxyl groups is 1. The van der Waals surface area contributed by atoms with Crippen LogP contribution in [-0.4, -0.2) is 49.3 Å². The fraction of sp³-hybridized carbons (Fsp3) is 0.800. The van der Waals surface area contributed by atoms with Gasteiger partial charge in [-0.25, -0.2) is 0 Å². The van der Waals surface area contributed by atoms with Crippen LogP contribution in [0, 0.1) is 0 Å². The lowest BCUT2D eigenvalue weighted by molar-refractivity contribution is 0.166. The molecule has 13 heavy (non-hydrogen) atoms. The van der Waals surface area contributed by atoms with Crippen LogP contribution in [0.3, 0.4) is 0 Å². The maximum atomic E-state index is 8.85. The summed E-state index contributed by atoms with van der Waals surface area (Å²) in [5.74, 6) is 0. The van der Waals surface area contributed by atoms with E-state index >= 15 is 0 Å². The number of rotatable bonds is 8. The first-order chi connectivity index (χ1) is 6.26. The highest BCUT2D eigenvalue weighted by Gasteiger charge is 2.10. The van der Waals surface area contributed by atoms with Gasteiger partial charge in [-0.05, 0) is 26.9 Å². The van der Waals surface area contributed by atoms with E-state index in [2.05, 4.69) is 23.7 Å². The molecule has 0 radical (unpaired) electrons. The molecule has 0 aliphatic heterocycles. The van der Waals surface area contributed by atoms with Gasteiger partial charge in [0.25, 0.3) is 0 Å². The molecular formula is C10H22N2O. The van der Waals surface area contributed by atoms with Crippen molar-refractivity contribution in [3.05, 3.63) is 12.7 Å². The van der Waals surface area contributed by atoms with Crippen LogP contribution in [0.5, 0.6) is 0 Å². The van der Waals surface area contributed by atoms with E-state index < -0.39 is 0 Å². The van der Waals surface area contributed by atoms with Crippen LogP contribution in [0.15, 0.2) is 12.7 Å². The summed E-state index contributed by atoms with van der Waals surface area (Å²) in [7, 11) is 1.95. The molecule has 0 rings (SSSR count). The van der Waals surface area contributed by atoms with E-state index in [9.17, 15) is 0 Å². The van der Waals surface area contributed by atoms with Gasteiger partial charge < -0.3 is 10.4 Å². The van der Waals surface area contributed by atoms with Gasteiger partial charge in [0.15, 0.2) is 0 Å². The van der Waals surface area contributed by atoms with E-state index in [1.54, 1.807) is 0 Å². The molecule has 0 aromatic rings. The summed E-state index contributed by atoms with van der Waals surface area (Å²) in [4.78, 5) is 2.23. The SMILES string of the molecule is C=CCN(CCO)C(C)CCNC. The Balaban J connectivity index is 3.79. The zero-order chi connectivity index (χ0) is 10.1. The first kappa shape index (κ1) is 12.6. The third kappa shape index (κ3) is 5.80. The van der Waals surface area contributed by atoms with Gasteiger partial charge in [0.1, 0.15) is 0 Å². The molecular weight excluding hydrogens is 164 g/mol. The Morgan fingerprint density at radius 2 is 2.31 bits per heavy atom. The number of hydrogen-bond donors (Lipinski definition) is 2. The van der Waals surface area contributed by atoms with Crippen molar-refractivity contribution in [3.63, 3.8) is 0 Å². The summed E-state index contributed by atoms with van der Waals surface area (Å²) in [5, 5.41) is 12.0. The molecule has 1 atom stereocenters. The minimum atomic E-state index is 0.220. The molecule has 0 aliphatic carbocycles. The molecule has 0 spiro atoms. The zero-order valence-electron chi connectivity index (χ0n) is 8.79. The molecule has 0 aromatic heterocycles. The van der Waals surface area contributed by atoms with Gasteiger partial charge >= 0.3 is 0 Å². The van der Waals surface area contributed by atoms with Crippen molar-refractivity contribution in [2.24, 2.45) is 0 Å². The van der Waals surface area contributed by atoms with Gasteiger partial charge in [0.05, 0.1) is 6.61 Å². The Morgan fingerprint density at radius 1 is 1.62 bits per heavy atom. The van der Waals surface area contributed by atoms with E-state index in [1.807, 2.05) is 13.1 Å². The Morgan fingerprint density at radius 3 is 2.77 bits per heavy atom. The van der Waals surface area contributed by atoms with E-state index in [0.717, 1.165) is 26.1 Å². The number of nitrogens with one attached hydrogen (secondary N) is 1. The first-order valence-corrected chi connectivity index (χ1v) is 4.86. The Hall–Kier alpha value is -0.380. The Kier molecular flexibility index (Phi) is 7.99. The van der Waals surface area contributed by atoms with Crippen molar-refractivity contribution >= 4 is 0 Å². The molecule has 0 heterocycles. The maximum absolute atomic E-state index is 8.85. The molecule has 0 fully saturated rings. The highest BCUT2D eigenvalue weighted by molar-refractivity contribution is 4.77. The third-order valence-electron chi connectivity index (χ3n) is 2.19. The molecule has 3 nitrogen and oxygen atoms in total. The van der Waals surface area contributed by atoms with Crippen molar-refractivity contribution in [1.82, 2.24) is 10.2 Å². The van der Waals surface area contributed by atoms with Crippen LogP contribution < -0.4 is 5.32 Å². The summed E-state index contributed by atoms with van der Waals surface area (Å²) in [5.41, 5.74) is 0. The van der Waals surface area contributed by atoms with Crippen LogP contribution in [0.1, 0.15) is 13.3 Å². The van der Waals surface area contributed by atoms with Crippen molar-refractivity contribution < 1.29 is 5.11 Å². The van der Waals surface area contributed by atoms with Gasteiger partial charge in [0.2, 0.25) is 0 Å². The molecule has 78 valence electrons. The standard InChI is InChI=1S/C10H22N2O/c1-4-7-12(8-9-13)10(2)5-6-11-3/h4,10-11,13H,1,5-9H2,2-3H3. The fourth-order valence-corrected chi connectivity index (χ4v) is 1.32. The predicted octanol–water partition coefficient (Wildman–Crippen LogP) is 0.465. The monoisotopic (exact) mass is 186 g/mol. The maximum Gasteiger partial charge on any atom is 0.0558 e. The molecule has 0 bridgehead atoms. The van der Waals surface area contributed by atoms with Crippen LogP contribution in [-0.2, 0) is 0 Å². The average Bonchev–Trinajstić information content (AvgIpc) is 2.14. The lowest BCUT2D eigenvalue weighted by Gasteiger charge is -2.27. The minimum Gasteiger partial charge on any atom is -0.395 e. The summed E-state index contributed by atoms with van der Waals surface area (Å²) in [6.45, 7) is 8.70. The lowest BCUT2D eigenvalue weighted by atomic mass is 10.2. The second-order valence-corrected chi connectivity index (χ2v) is 3.25. The molecule has 3 heteroatoms. The molecule has 0 aromatic carbocycles. The Labute approximate surface area is 81.4 Å². The quantitative estimate of drug-likeness (QED) is 0.541. The smallest absolute Gasteiger partial charge is 0.0558 e. The third-order valence-corrected chi connectivity index (χ3v) is 2.19. The lowest BCUT2D eigenvalue weighted by Crippen LogP contribution is -2.37. The molecule has 0 saturated heterocycles. The van der Waals surface area contributed by atoms with E-state index in [1.165, 1.54) is 0 Å². The van der Waals surface area contributed by atoms with Gasteiger partial charge in [-0.15, -0.1) is 6.58 Å². The van der Waals surface area contributed by atoms with E-state index in [0.29, 0.717) is 6.04 Å². The second-order valence-electron chi connectivity index (χ2n) is 3.25. The average molecular weight is 186 g/mol. The number of hydrogen-bond acceptors (Lipinski definition) is 3. The normalized spacial score (nSPS) is 13.2. The molecule has 0 saturated carbocycles. The van der Waals surface area contributed by atoms with Crippen molar-refractivity contribution in [1.29, 1.82) is 0 Å². The van der Waals surface area contributed by atoms with E-state index in [4.69, 9.17) is 5.11 Å². The molecule has 0 aliphatic rings. The van der Waals surface area contributed by atoms with Crippen LogP contribution in [0.2, 0.25) is 0 Å². The van der Waals surface area contributed by atoms with Crippen molar-refractivity contribution in [3.8, 4) is 0 Å². The minimum absolute atomic E-state index is 0.220. The van der Waals surface area contributed by atoms with Crippen molar-refractivity contribution in [2.45, 2.75) is 19.4 Å². The van der Waals surface area contributed by atoms with Gasteiger partial charge in [-0.2, -0.15) is 0 Å². The van der Waals surface area contributed by atoms with Gasteiger partial charge in [-0.1, -0.05) is 6.08 Å². The summed E-state index contributed by atoms with van der Waals surface area (Å²) < 4.78 is 0. The number of aliphatic hydroxyl groups excluding tert-OH is 1. The highest BCUT2D eigenvalue weighted by atomic mass is 16.3. The van der Waals surface area contributed by atoms with Gasteiger partial charge in [0, 0.05) is 19.1 Å². The van der Waals surface area contributed by atoms with E-state index in [-0.39, 0.29) is 6.61 Å².